The molecule has 0 bridgehead atoms. The van der Waals surface area contributed by atoms with Crippen molar-refractivity contribution >= 4 is 23.0 Å². The molecule has 0 aliphatic carbocycles. The predicted molar refractivity (Wildman–Crippen MR) is 75.9 cm³/mol. The van der Waals surface area contributed by atoms with E-state index in [1.54, 1.807) is 0 Å². The van der Waals surface area contributed by atoms with Gasteiger partial charge in [-0.15, -0.1) is 0 Å². The van der Waals surface area contributed by atoms with Gasteiger partial charge >= 0.3 is 0 Å². The Kier molecular flexibility index (Phi) is 3.48. The number of aryl methyl sites for hydroxylation is 3. The molecular formula is C13H17ClN4. The monoisotopic (exact) mass is 264 g/mol. The summed E-state index contributed by atoms with van der Waals surface area (Å²) in [5, 5.41) is 8.24. The molecule has 96 valence electrons. The summed E-state index contributed by atoms with van der Waals surface area (Å²) in [5.41, 5.74) is 10.6. The van der Waals surface area contributed by atoms with Gasteiger partial charge in [0.2, 0.25) is 0 Å². The summed E-state index contributed by atoms with van der Waals surface area (Å²) in [5.74, 6) is 0. The highest BCUT2D eigenvalue weighted by molar-refractivity contribution is 6.33. The molecule has 0 fully saturated rings. The Labute approximate surface area is 112 Å². The van der Waals surface area contributed by atoms with Crippen molar-refractivity contribution in [2.24, 2.45) is 7.05 Å². The highest BCUT2D eigenvalue weighted by Gasteiger charge is 2.06. The van der Waals surface area contributed by atoms with Crippen molar-refractivity contribution in [2.45, 2.75) is 20.4 Å². The maximum absolute atomic E-state index is 6.02. The van der Waals surface area contributed by atoms with Crippen molar-refractivity contribution in [3.8, 4) is 0 Å². The van der Waals surface area contributed by atoms with Gasteiger partial charge < -0.3 is 11.1 Å². The molecule has 4 nitrogen and oxygen atoms in total. The smallest absolute Gasteiger partial charge is 0.0656 e. The number of halogens is 1. The second-order valence-corrected chi connectivity index (χ2v) is 4.86. The van der Waals surface area contributed by atoms with E-state index in [2.05, 4.69) is 10.4 Å². The van der Waals surface area contributed by atoms with Crippen LogP contribution < -0.4 is 11.1 Å². The number of benzene rings is 1. The average Bonchev–Trinajstić information content (AvgIpc) is 2.61. The second-order valence-electron chi connectivity index (χ2n) is 4.46. The average molecular weight is 265 g/mol. The van der Waals surface area contributed by atoms with Gasteiger partial charge in [-0.3, -0.25) is 4.68 Å². The largest absolute Gasteiger partial charge is 0.398 e. The van der Waals surface area contributed by atoms with Crippen LogP contribution in [0.25, 0.3) is 0 Å². The van der Waals surface area contributed by atoms with Crippen LogP contribution in [-0.2, 0) is 13.6 Å². The zero-order valence-electron chi connectivity index (χ0n) is 10.8. The standard InChI is InChI=1S/C13H17ClN4/c1-8-4-12(15)11(14)5-13(8)16-6-10-7-18(3)17-9(10)2/h4-5,7,16H,6,15H2,1-3H3. The van der Waals surface area contributed by atoms with Crippen LogP contribution in [-0.4, -0.2) is 9.78 Å². The summed E-state index contributed by atoms with van der Waals surface area (Å²) in [6, 6.07) is 3.73. The molecule has 18 heavy (non-hydrogen) atoms. The fraction of sp³-hybridized carbons (Fsp3) is 0.308. The van der Waals surface area contributed by atoms with Crippen LogP contribution in [0, 0.1) is 13.8 Å². The zero-order chi connectivity index (χ0) is 13.3. The molecule has 0 amide bonds. The molecule has 1 heterocycles. The van der Waals surface area contributed by atoms with E-state index < -0.39 is 0 Å². The Morgan fingerprint density at radius 3 is 2.72 bits per heavy atom. The number of hydrogen-bond donors (Lipinski definition) is 2. The molecule has 0 saturated heterocycles. The van der Waals surface area contributed by atoms with Crippen molar-refractivity contribution < 1.29 is 0 Å². The van der Waals surface area contributed by atoms with E-state index in [-0.39, 0.29) is 0 Å². The van der Waals surface area contributed by atoms with E-state index in [1.165, 1.54) is 5.56 Å². The highest BCUT2D eigenvalue weighted by atomic mass is 35.5. The first-order valence-corrected chi connectivity index (χ1v) is 6.14. The van der Waals surface area contributed by atoms with Crippen molar-refractivity contribution in [3.63, 3.8) is 0 Å². The molecule has 0 atom stereocenters. The summed E-state index contributed by atoms with van der Waals surface area (Å²) >= 11 is 6.02. The van der Waals surface area contributed by atoms with E-state index in [9.17, 15) is 0 Å². The van der Waals surface area contributed by atoms with Crippen LogP contribution >= 0.6 is 11.6 Å². The van der Waals surface area contributed by atoms with E-state index in [1.807, 2.05) is 43.9 Å². The lowest BCUT2D eigenvalue weighted by Crippen LogP contribution is -2.02. The third-order valence-electron chi connectivity index (χ3n) is 2.93. The van der Waals surface area contributed by atoms with Crippen LogP contribution in [0.1, 0.15) is 16.8 Å². The minimum atomic E-state index is 0.575. The summed E-state index contributed by atoms with van der Waals surface area (Å²) < 4.78 is 1.81. The van der Waals surface area contributed by atoms with Crippen LogP contribution in [0.5, 0.6) is 0 Å². The van der Waals surface area contributed by atoms with Crippen LogP contribution in [0.15, 0.2) is 18.3 Å². The van der Waals surface area contributed by atoms with Crippen molar-refractivity contribution in [1.29, 1.82) is 0 Å². The minimum absolute atomic E-state index is 0.575. The number of nitrogens with zero attached hydrogens (tertiary/aromatic N) is 2. The molecule has 0 spiro atoms. The van der Waals surface area contributed by atoms with Gasteiger partial charge in [0.1, 0.15) is 0 Å². The molecule has 0 radical (unpaired) electrons. The number of nitrogens with one attached hydrogen (secondary N) is 1. The third-order valence-corrected chi connectivity index (χ3v) is 3.26. The van der Waals surface area contributed by atoms with Crippen LogP contribution in [0.4, 0.5) is 11.4 Å². The lowest BCUT2D eigenvalue weighted by molar-refractivity contribution is 0.756. The van der Waals surface area contributed by atoms with Gasteiger partial charge in [0.15, 0.2) is 0 Å². The molecule has 1 aromatic carbocycles. The van der Waals surface area contributed by atoms with Crippen molar-refractivity contribution in [3.05, 3.63) is 40.2 Å². The Morgan fingerprint density at radius 1 is 1.39 bits per heavy atom. The highest BCUT2D eigenvalue weighted by Crippen LogP contribution is 2.27. The molecule has 0 unspecified atom stereocenters. The summed E-state index contributed by atoms with van der Waals surface area (Å²) in [4.78, 5) is 0. The number of aromatic nitrogens is 2. The van der Waals surface area contributed by atoms with Gasteiger partial charge in [-0.1, -0.05) is 11.6 Å². The zero-order valence-corrected chi connectivity index (χ0v) is 11.5. The van der Waals surface area contributed by atoms with E-state index in [4.69, 9.17) is 17.3 Å². The second kappa shape index (κ2) is 4.90. The first kappa shape index (κ1) is 12.8. The van der Waals surface area contributed by atoms with Gasteiger partial charge in [0.25, 0.3) is 0 Å². The Balaban J connectivity index is 2.15. The Bertz CT molecular complexity index is 575. The first-order valence-electron chi connectivity index (χ1n) is 5.76. The molecule has 5 heteroatoms. The van der Waals surface area contributed by atoms with Crippen molar-refractivity contribution in [2.75, 3.05) is 11.1 Å². The maximum atomic E-state index is 6.02. The molecule has 2 aromatic rings. The van der Waals surface area contributed by atoms with Gasteiger partial charge in [-0.2, -0.15) is 5.10 Å². The number of nitrogens with two attached hydrogens (primary N) is 1. The number of hydrogen-bond acceptors (Lipinski definition) is 3. The molecule has 1 aromatic heterocycles. The van der Waals surface area contributed by atoms with Crippen LogP contribution in [0.3, 0.4) is 0 Å². The quantitative estimate of drug-likeness (QED) is 0.838. The normalized spacial score (nSPS) is 10.7. The predicted octanol–water partition coefficient (Wildman–Crippen LogP) is 2.88. The third kappa shape index (κ3) is 2.59. The first-order chi connectivity index (χ1) is 8.47. The van der Waals surface area contributed by atoms with E-state index in [0.29, 0.717) is 10.7 Å². The molecule has 0 aliphatic rings. The number of nitrogen functional groups attached to an aromatic ring is 1. The fourth-order valence-corrected chi connectivity index (χ4v) is 2.07. The van der Waals surface area contributed by atoms with E-state index in [0.717, 1.165) is 23.5 Å². The summed E-state index contributed by atoms with van der Waals surface area (Å²) in [7, 11) is 1.92. The van der Waals surface area contributed by atoms with E-state index >= 15 is 0 Å². The van der Waals surface area contributed by atoms with Crippen molar-refractivity contribution in [1.82, 2.24) is 9.78 Å². The minimum Gasteiger partial charge on any atom is -0.398 e. The Morgan fingerprint density at radius 2 is 2.11 bits per heavy atom. The van der Waals surface area contributed by atoms with Gasteiger partial charge in [0.05, 0.1) is 16.4 Å². The topological polar surface area (TPSA) is 55.9 Å². The van der Waals surface area contributed by atoms with Gasteiger partial charge in [-0.25, -0.2) is 0 Å². The number of rotatable bonds is 3. The lowest BCUT2D eigenvalue weighted by atomic mass is 10.1. The van der Waals surface area contributed by atoms with Gasteiger partial charge in [0, 0.05) is 31.0 Å². The Hall–Kier alpha value is -1.68. The maximum Gasteiger partial charge on any atom is 0.0656 e. The number of anilines is 2. The molecule has 3 N–H and O–H groups in total. The molecule has 0 aliphatic heterocycles. The molecule has 2 rings (SSSR count). The molecular weight excluding hydrogens is 248 g/mol. The summed E-state index contributed by atoms with van der Waals surface area (Å²) in [6.07, 6.45) is 2.01. The summed E-state index contributed by atoms with van der Waals surface area (Å²) in [6.45, 7) is 4.73. The molecule has 0 saturated carbocycles. The van der Waals surface area contributed by atoms with Crippen LogP contribution in [0.2, 0.25) is 5.02 Å². The SMILES string of the molecule is Cc1cc(N)c(Cl)cc1NCc1cn(C)nc1C. The van der Waals surface area contributed by atoms with Gasteiger partial charge in [-0.05, 0) is 31.5 Å². The lowest BCUT2D eigenvalue weighted by Gasteiger charge is -2.11. The fourth-order valence-electron chi connectivity index (χ4n) is 1.91.